The van der Waals surface area contributed by atoms with Gasteiger partial charge >= 0.3 is 6.03 Å². The molecule has 134 valence electrons. The molecule has 0 radical (unpaired) electrons. The second kappa shape index (κ2) is 7.08. The molecule has 0 saturated carbocycles. The van der Waals surface area contributed by atoms with Crippen LogP contribution in [0.25, 0.3) is 0 Å². The van der Waals surface area contributed by atoms with Crippen molar-refractivity contribution < 1.29 is 23.5 Å². The van der Waals surface area contributed by atoms with Crippen molar-refractivity contribution in [2.24, 2.45) is 0 Å². The molecule has 8 heteroatoms. The SMILES string of the molecule is O=C1NC(=O)C2(CCN(C(=O)CCCOc3cccc(F)c3)CC2)N1. The van der Waals surface area contributed by atoms with Gasteiger partial charge in [0.15, 0.2) is 0 Å². The van der Waals surface area contributed by atoms with Gasteiger partial charge in [0.25, 0.3) is 5.91 Å². The fraction of sp³-hybridized carbons (Fsp3) is 0.471. The van der Waals surface area contributed by atoms with Gasteiger partial charge in [-0.25, -0.2) is 9.18 Å². The molecular weight excluding hydrogens is 329 g/mol. The van der Waals surface area contributed by atoms with E-state index < -0.39 is 11.6 Å². The molecule has 7 nitrogen and oxygen atoms in total. The van der Waals surface area contributed by atoms with Gasteiger partial charge in [-0.2, -0.15) is 0 Å². The number of rotatable bonds is 5. The Balaban J connectivity index is 1.40. The summed E-state index contributed by atoms with van der Waals surface area (Å²) in [4.78, 5) is 37.1. The second-order valence-electron chi connectivity index (χ2n) is 6.28. The molecule has 4 amide bonds. The van der Waals surface area contributed by atoms with Crippen LogP contribution in [0.1, 0.15) is 25.7 Å². The highest BCUT2D eigenvalue weighted by atomic mass is 19.1. The van der Waals surface area contributed by atoms with Crippen LogP contribution in [0.3, 0.4) is 0 Å². The van der Waals surface area contributed by atoms with Crippen LogP contribution in [0.4, 0.5) is 9.18 Å². The van der Waals surface area contributed by atoms with Crippen molar-refractivity contribution >= 4 is 17.8 Å². The molecule has 2 N–H and O–H groups in total. The maximum atomic E-state index is 13.0. The molecule has 2 aliphatic rings. The summed E-state index contributed by atoms with van der Waals surface area (Å²) >= 11 is 0. The van der Waals surface area contributed by atoms with Gasteiger partial charge in [-0.3, -0.25) is 14.9 Å². The third-order valence-electron chi connectivity index (χ3n) is 4.58. The molecule has 1 spiro atoms. The highest BCUT2D eigenvalue weighted by molar-refractivity contribution is 6.07. The standard InChI is InChI=1S/C17H20FN3O4/c18-12-3-1-4-13(11-12)25-10-2-5-14(22)21-8-6-17(7-9-21)15(23)19-16(24)20-17/h1,3-4,11H,2,5-10H2,(H2,19,20,23,24). The lowest BCUT2D eigenvalue weighted by Gasteiger charge is -2.37. The molecule has 1 aromatic rings. The molecule has 0 atom stereocenters. The fourth-order valence-electron chi connectivity index (χ4n) is 3.15. The number of nitrogens with zero attached hydrogens (tertiary/aromatic N) is 1. The molecular formula is C17H20FN3O4. The molecule has 2 fully saturated rings. The van der Waals surface area contributed by atoms with Crippen LogP contribution >= 0.6 is 0 Å². The zero-order chi connectivity index (χ0) is 17.9. The van der Waals surface area contributed by atoms with Gasteiger partial charge < -0.3 is 15.0 Å². The predicted octanol–water partition coefficient (Wildman–Crippen LogP) is 1.19. The Kier molecular flexibility index (Phi) is 4.87. The summed E-state index contributed by atoms with van der Waals surface area (Å²) in [7, 11) is 0. The maximum Gasteiger partial charge on any atom is 0.322 e. The summed E-state index contributed by atoms with van der Waals surface area (Å²) in [5.74, 6) is -0.246. The van der Waals surface area contributed by atoms with Gasteiger partial charge in [-0.1, -0.05) is 6.07 Å². The van der Waals surface area contributed by atoms with Crippen molar-refractivity contribution in [2.45, 2.75) is 31.2 Å². The first-order chi connectivity index (χ1) is 12.0. The fourth-order valence-corrected chi connectivity index (χ4v) is 3.15. The van der Waals surface area contributed by atoms with Crippen LogP contribution < -0.4 is 15.4 Å². The van der Waals surface area contributed by atoms with Gasteiger partial charge in [-0.05, 0) is 31.4 Å². The number of urea groups is 1. The van der Waals surface area contributed by atoms with Crippen molar-refractivity contribution in [1.29, 1.82) is 0 Å². The van der Waals surface area contributed by atoms with E-state index >= 15 is 0 Å². The lowest BCUT2D eigenvalue weighted by Crippen LogP contribution is -2.55. The first-order valence-corrected chi connectivity index (χ1v) is 8.28. The Morgan fingerprint density at radius 3 is 2.68 bits per heavy atom. The van der Waals surface area contributed by atoms with Crippen molar-refractivity contribution in [3.8, 4) is 5.75 Å². The Labute approximate surface area is 144 Å². The average Bonchev–Trinajstić information content (AvgIpc) is 2.85. The van der Waals surface area contributed by atoms with E-state index in [1.807, 2.05) is 0 Å². The quantitative estimate of drug-likeness (QED) is 0.617. The number of nitrogens with one attached hydrogen (secondary N) is 2. The third kappa shape index (κ3) is 3.89. The highest BCUT2D eigenvalue weighted by Gasteiger charge is 2.48. The van der Waals surface area contributed by atoms with Crippen molar-refractivity contribution in [1.82, 2.24) is 15.5 Å². The minimum absolute atomic E-state index is 0.0116. The smallest absolute Gasteiger partial charge is 0.322 e. The minimum atomic E-state index is -0.867. The number of imide groups is 1. The summed E-state index contributed by atoms with van der Waals surface area (Å²) in [6.45, 7) is 1.18. The lowest BCUT2D eigenvalue weighted by molar-refractivity contribution is -0.136. The monoisotopic (exact) mass is 349 g/mol. The van der Waals surface area contributed by atoms with Crippen LogP contribution in [-0.4, -0.2) is 48.0 Å². The zero-order valence-electron chi connectivity index (χ0n) is 13.7. The van der Waals surface area contributed by atoms with Gasteiger partial charge in [0, 0.05) is 25.6 Å². The van der Waals surface area contributed by atoms with E-state index in [9.17, 15) is 18.8 Å². The average molecular weight is 349 g/mol. The first-order valence-electron chi connectivity index (χ1n) is 8.28. The number of amides is 4. The van der Waals surface area contributed by atoms with Crippen LogP contribution in [0.5, 0.6) is 5.75 Å². The number of hydrogen-bond donors (Lipinski definition) is 2. The minimum Gasteiger partial charge on any atom is -0.493 e. The number of ether oxygens (including phenoxy) is 1. The van der Waals surface area contributed by atoms with Gasteiger partial charge in [0.05, 0.1) is 6.61 Å². The Hall–Kier alpha value is -2.64. The van der Waals surface area contributed by atoms with Crippen LogP contribution in [0, 0.1) is 5.82 Å². The van der Waals surface area contributed by atoms with E-state index in [1.165, 1.54) is 12.1 Å². The number of benzene rings is 1. The summed E-state index contributed by atoms with van der Waals surface area (Å²) in [6.07, 6.45) is 1.67. The van der Waals surface area contributed by atoms with Crippen molar-refractivity contribution in [3.05, 3.63) is 30.1 Å². The van der Waals surface area contributed by atoms with Crippen LogP contribution in [0.2, 0.25) is 0 Å². The maximum absolute atomic E-state index is 13.0. The van der Waals surface area contributed by atoms with E-state index in [2.05, 4.69) is 10.6 Å². The van der Waals surface area contributed by atoms with E-state index in [0.29, 0.717) is 51.1 Å². The van der Waals surface area contributed by atoms with Crippen LogP contribution in [-0.2, 0) is 9.59 Å². The topological polar surface area (TPSA) is 87.7 Å². The summed E-state index contributed by atoms with van der Waals surface area (Å²) < 4.78 is 18.4. The van der Waals surface area contributed by atoms with Gasteiger partial charge in [0.1, 0.15) is 17.1 Å². The molecule has 0 bridgehead atoms. The molecule has 2 heterocycles. The number of carbonyl (C=O) groups excluding carboxylic acids is 3. The summed E-state index contributed by atoms with van der Waals surface area (Å²) in [6, 6.07) is 5.39. The summed E-state index contributed by atoms with van der Waals surface area (Å²) in [5, 5.41) is 4.91. The van der Waals surface area contributed by atoms with E-state index in [4.69, 9.17) is 4.74 Å². The van der Waals surface area contributed by atoms with E-state index in [-0.39, 0.29) is 17.6 Å². The Morgan fingerprint density at radius 2 is 2.04 bits per heavy atom. The zero-order valence-corrected chi connectivity index (χ0v) is 13.7. The molecule has 2 aliphatic heterocycles. The third-order valence-corrected chi connectivity index (χ3v) is 4.58. The van der Waals surface area contributed by atoms with E-state index in [1.54, 1.807) is 17.0 Å². The highest BCUT2D eigenvalue weighted by Crippen LogP contribution is 2.25. The molecule has 0 aliphatic carbocycles. The second-order valence-corrected chi connectivity index (χ2v) is 6.28. The number of likely N-dealkylation sites (tertiary alicyclic amines) is 1. The van der Waals surface area contributed by atoms with E-state index in [0.717, 1.165) is 0 Å². The Bertz CT molecular complexity index is 686. The molecule has 25 heavy (non-hydrogen) atoms. The number of hydrogen-bond acceptors (Lipinski definition) is 4. The molecule has 2 saturated heterocycles. The number of piperidine rings is 1. The van der Waals surface area contributed by atoms with Gasteiger partial charge in [-0.15, -0.1) is 0 Å². The Morgan fingerprint density at radius 1 is 1.28 bits per heavy atom. The lowest BCUT2D eigenvalue weighted by atomic mass is 9.87. The summed E-state index contributed by atoms with van der Waals surface area (Å²) in [5.41, 5.74) is -0.867. The molecule has 3 rings (SSSR count). The predicted molar refractivity (Wildman–Crippen MR) is 86.3 cm³/mol. The number of halogens is 1. The number of carbonyl (C=O) groups is 3. The first kappa shape index (κ1) is 17.2. The molecule has 0 unspecified atom stereocenters. The molecule has 1 aromatic carbocycles. The molecule has 0 aromatic heterocycles. The largest absolute Gasteiger partial charge is 0.493 e. The van der Waals surface area contributed by atoms with Gasteiger partial charge in [0.2, 0.25) is 5.91 Å². The van der Waals surface area contributed by atoms with Crippen LogP contribution in [0.15, 0.2) is 24.3 Å². The van der Waals surface area contributed by atoms with Crippen molar-refractivity contribution in [3.63, 3.8) is 0 Å². The van der Waals surface area contributed by atoms with Crippen molar-refractivity contribution in [2.75, 3.05) is 19.7 Å². The normalized spacial score (nSPS) is 18.8.